The molecule has 0 fully saturated rings. The van der Waals surface area contributed by atoms with Crippen LogP contribution < -0.4 is 10.1 Å². The third kappa shape index (κ3) is 5.58. The van der Waals surface area contributed by atoms with Gasteiger partial charge in [0.25, 0.3) is 0 Å². The van der Waals surface area contributed by atoms with Crippen LogP contribution in [-0.2, 0) is 11.2 Å². The number of hydrogen-bond acceptors (Lipinski definition) is 2. The zero-order chi connectivity index (χ0) is 19.1. The van der Waals surface area contributed by atoms with Gasteiger partial charge in [-0.05, 0) is 53.5 Å². The molecule has 27 heavy (non-hydrogen) atoms. The molecular weight excluding hydrogens is 334 g/mol. The molecule has 3 heteroatoms. The van der Waals surface area contributed by atoms with Crippen molar-refractivity contribution in [1.82, 2.24) is 0 Å². The Morgan fingerprint density at radius 3 is 2.15 bits per heavy atom. The summed E-state index contributed by atoms with van der Waals surface area (Å²) in [7, 11) is 0. The fraction of sp³-hybridized carbons (Fsp3) is 0.125. The first-order valence-corrected chi connectivity index (χ1v) is 8.91. The highest BCUT2D eigenvalue weighted by Crippen LogP contribution is 2.20. The van der Waals surface area contributed by atoms with Gasteiger partial charge in [0.05, 0.1) is 6.42 Å². The summed E-state index contributed by atoms with van der Waals surface area (Å²) in [6, 6.07) is 25.6. The number of amides is 1. The molecule has 1 N–H and O–H groups in total. The SMILES string of the molecule is C=C(C)COc1ccc(NC(=O)Cc2ccc(-c3ccccc3)cc2)cc1. The van der Waals surface area contributed by atoms with E-state index in [2.05, 4.69) is 24.0 Å². The van der Waals surface area contributed by atoms with E-state index in [9.17, 15) is 4.79 Å². The van der Waals surface area contributed by atoms with Gasteiger partial charge in [0.15, 0.2) is 0 Å². The van der Waals surface area contributed by atoms with Crippen LogP contribution >= 0.6 is 0 Å². The Morgan fingerprint density at radius 1 is 0.889 bits per heavy atom. The van der Waals surface area contributed by atoms with E-state index in [0.29, 0.717) is 13.0 Å². The molecule has 3 aromatic rings. The zero-order valence-electron chi connectivity index (χ0n) is 15.4. The normalized spacial score (nSPS) is 10.3. The predicted octanol–water partition coefficient (Wildman–Crippen LogP) is 5.49. The van der Waals surface area contributed by atoms with Gasteiger partial charge in [-0.2, -0.15) is 0 Å². The van der Waals surface area contributed by atoms with Gasteiger partial charge < -0.3 is 10.1 Å². The lowest BCUT2D eigenvalue weighted by Crippen LogP contribution is -2.14. The Hall–Kier alpha value is -3.33. The first kappa shape index (κ1) is 18.5. The maximum Gasteiger partial charge on any atom is 0.228 e. The number of hydrogen-bond donors (Lipinski definition) is 1. The standard InChI is InChI=1S/C24H23NO2/c1-18(2)17-27-23-14-12-22(13-15-23)25-24(26)16-19-8-10-21(11-9-19)20-6-4-3-5-7-20/h3-15H,1,16-17H2,2H3,(H,25,26). The van der Waals surface area contributed by atoms with Crippen molar-refractivity contribution in [1.29, 1.82) is 0 Å². The van der Waals surface area contributed by atoms with Crippen LogP contribution in [0.25, 0.3) is 11.1 Å². The molecule has 0 radical (unpaired) electrons. The van der Waals surface area contributed by atoms with Crippen LogP contribution in [0, 0.1) is 0 Å². The maximum atomic E-state index is 12.3. The first-order chi connectivity index (χ1) is 13.1. The molecule has 0 atom stereocenters. The summed E-state index contributed by atoms with van der Waals surface area (Å²) in [5.41, 5.74) is 5.01. The lowest BCUT2D eigenvalue weighted by atomic mass is 10.0. The molecule has 3 rings (SSSR count). The van der Waals surface area contributed by atoms with E-state index in [-0.39, 0.29) is 5.91 Å². The smallest absolute Gasteiger partial charge is 0.228 e. The van der Waals surface area contributed by atoms with Crippen molar-refractivity contribution in [2.75, 3.05) is 11.9 Å². The molecule has 0 saturated carbocycles. The third-order valence-electron chi connectivity index (χ3n) is 4.05. The Labute approximate surface area is 160 Å². The summed E-state index contributed by atoms with van der Waals surface area (Å²) in [5, 5.41) is 2.92. The molecule has 3 aromatic carbocycles. The summed E-state index contributed by atoms with van der Waals surface area (Å²) in [6.45, 7) is 6.22. The van der Waals surface area contributed by atoms with E-state index in [1.54, 1.807) is 0 Å². The number of rotatable bonds is 7. The van der Waals surface area contributed by atoms with E-state index in [1.807, 2.05) is 73.7 Å². The Kier molecular flexibility index (Phi) is 6.06. The van der Waals surface area contributed by atoms with E-state index in [0.717, 1.165) is 28.1 Å². The number of nitrogens with one attached hydrogen (secondary N) is 1. The van der Waals surface area contributed by atoms with Crippen molar-refractivity contribution >= 4 is 11.6 Å². The van der Waals surface area contributed by atoms with Gasteiger partial charge in [-0.3, -0.25) is 4.79 Å². The van der Waals surface area contributed by atoms with Gasteiger partial charge in [0.2, 0.25) is 5.91 Å². The average Bonchev–Trinajstić information content (AvgIpc) is 2.68. The average molecular weight is 357 g/mol. The number of anilines is 1. The van der Waals surface area contributed by atoms with Gasteiger partial charge in [-0.15, -0.1) is 0 Å². The summed E-state index contributed by atoms with van der Waals surface area (Å²) in [6.07, 6.45) is 0.336. The molecular formula is C24H23NO2. The van der Waals surface area contributed by atoms with Crippen molar-refractivity contribution in [2.45, 2.75) is 13.3 Å². The van der Waals surface area contributed by atoms with Crippen LogP contribution in [0.2, 0.25) is 0 Å². The molecule has 0 bridgehead atoms. The molecule has 0 aliphatic carbocycles. The van der Waals surface area contributed by atoms with Gasteiger partial charge in [0.1, 0.15) is 12.4 Å². The molecule has 0 aliphatic heterocycles. The number of benzene rings is 3. The largest absolute Gasteiger partial charge is 0.489 e. The highest BCUT2D eigenvalue weighted by Gasteiger charge is 2.05. The van der Waals surface area contributed by atoms with Gasteiger partial charge in [0, 0.05) is 5.69 Å². The Morgan fingerprint density at radius 2 is 1.52 bits per heavy atom. The third-order valence-corrected chi connectivity index (χ3v) is 4.05. The molecule has 3 nitrogen and oxygen atoms in total. The predicted molar refractivity (Wildman–Crippen MR) is 111 cm³/mol. The second-order valence-electron chi connectivity index (χ2n) is 6.56. The summed E-state index contributed by atoms with van der Waals surface area (Å²) >= 11 is 0. The van der Waals surface area contributed by atoms with Crippen molar-refractivity contribution in [3.05, 3.63) is 96.6 Å². The second-order valence-corrected chi connectivity index (χ2v) is 6.56. The van der Waals surface area contributed by atoms with E-state index >= 15 is 0 Å². The van der Waals surface area contributed by atoms with Gasteiger partial charge >= 0.3 is 0 Å². The van der Waals surface area contributed by atoms with Crippen LogP contribution in [0.3, 0.4) is 0 Å². The molecule has 0 unspecified atom stereocenters. The minimum Gasteiger partial charge on any atom is -0.489 e. The van der Waals surface area contributed by atoms with Crippen LogP contribution in [0.5, 0.6) is 5.75 Å². The van der Waals surface area contributed by atoms with E-state index < -0.39 is 0 Å². The molecule has 0 aromatic heterocycles. The Balaban J connectivity index is 1.55. The van der Waals surface area contributed by atoms with Gasteiger partial charge in [-0.1, -0.05) is 61.2 Å². The zero-order valence-corrected chi connectivity index (χ0v) is 15.4. The topological polar surface area (TPSA) is 38.3 Å². The second kappa shape index (κ2) is 8.86. The molecule has 0 heterocycles. The highest BCUT2D eigenvalue weighted by molar-refractivity contribution is 5.92. The minimum atomic E-state index is -0.0435. The fourth-order valence-corrected chi connectivity index (χ4v) is 2.68. The molecule has 1 amide bonds. The monoisotopic (exact) mass is 357 g/mol. The van der Waals surface area contributed by atoms with Crippen LogP contribution in [0.1, 0.15) is 12.5 Å². The summed E-state index contributed by atoms with van der Waals surface area (Å²) < 4.78 is 5.56. The van der Waals surface area contributed by atoms with E-state index in [1.165, 1.54) is 5.56 Å². The lowest BCUT2D eigenvalue weighted by molar-refractivity contribution is -0.115. The maximum absolute atomic E-state index is 12.3. The first-order valence-electron chi connectivity index (χ1n) is 8.91. The molecule has 136 valence electrons. The molecule has 0 saturated heterocycles. The van der Waals surface area contributed by atoms with Crippen LogP contribution in [0.4, 0.5) is 5.69 Å². The lowest BCUT2D eigenvalue weighted by Gasteiger charge is -2.09. The van der Waals surface area contributed by atoms with Crippen molar-refractivity contribution in [3.8, 4) is 16.9 Å². The van der Waals surface area contributed by atoms with E-state index in [4.69, 9.17) is 4.74 Å². The number of ether oxygens (including phenoxy) is 1. The summed E-state index contributed by atoms with van der Waals surface area (Å²) in [4.78, 5) is 12.3. The van der Waals surface area contributed by atoms with Crippen molar-refractivity contribution < 1.29 is 9.53 Å². The number of carbonyl (C=O) groups excluding carboxylic acids is 1. The highest BCUT2D eigenvalue weighted by atomic mass is 16.5. The number of carbonyl (C=O) groups is 1. The molecule has 0 spiro atoms. The summed E-state index contributed by atoms with van der Waals surface area (Å²) in [5.74, 6) is 0.713. The Bertz CT molecular complexity index is 897. The molecule has 0 aliphatic rings. The minimum absolute atomic E-state index is 0.0435. The van der Waals surface area contributed by atoms with Crippen molar-refractivity contribution in [3.63, 3.8) is 0 Å². The van der Waals surface area contributed by atoms with Crippen LogP contribution in [0.15, 0.2) is 91.0 Å². The quantitative estimate of drug-likeness (QED) is 0.568. The van der Waals surface area contributed by atoms with Crippen molar-refractivity contribution in [2.24, 2.45) is 0 Å². The fourth-order valence-electron chi connectivity index (χ4n) is 2.68. The van der Waals surface area contributed by atoms with Crippen LogP contribution in [-0.4, -0.2) is 12.5 Å². The van der Waals surface area contributed by atoms with Gasteiger partial charge in [-0.25, -0.2) is 0 Å².